The minimum Gasteiger partial charge on any atom is -0.496 e. The lowest BCUT2D eigenvalue weighted by atomic mass is 9.65. The number of amides is 1. The number of nitrogens with one attached hydrogen (secondary N) is 1. The highest BCUT2D eigenvalue weighted by Crippen LogP contribution is 2.42. The fourth-order valence-corrected chi connectivity index (χ4v) is 5.26. The number of ether oxygens (including phenoxy) is 1. The van der Waals surface area contributed by atoms with Gasteiger partial charge in [0.15, 0.2) is 5.13 Å². The number of nitrogens with zero attached hydrogens (tertiary/aromatic N) is 1. The van der Waals surface area contributed by atoms with Crippen LogP contribution in [0.25, 0.3) is 11.3 Å². The van der Waals surface area contributed by atoms with E-state index in [4.69, 9.17) is 10.5 Å². The van der Waals surface area contributed by atoms with E-state index in [1.165, 1.54) is 37.0 Å². The van der Waals surface area contributed by atoms with E-state index in [9.17, 15) is 9.18 Å². The molecule has 0 spiro atoms. The zero-order valence-electron chi connectivity index (χ0n) is 15.7. The first-order chi connectivity index (χ1) is 13.0. The van der Waals surface area contributed by atoms with E-state index in [1.807, 2.05) is 0 Å². The fourth-order valence-electron chi connectivity index (χ4n) is 4.55. The molecule has 2 unspecified atom stereocenters. The summed E-state index contributed by atoms with van der Waals surface area (Å²) < 4.78 is 18.9. The van der Waals surface area contributed by atoms with Gasteiger partial charge in [0.1, 0.15) is 11.6 Å². The maximum atomic E-state index is 13.6. The van der Waals surface area contributed by atoms with Gasteiger partial charge in [-0.1, -0.05) is 6.42 Å². The van der Waals surface area contributed by atoms with Gasteiger partial charge < -0.3 is 15.8 Å². The number of anilines is 1. The van der Waals surface area contributed by atoms with E-state index in [1.54, 1.807) is 11.4 Å². The Morgan fingerprint density at radius 1 is 1.32 bits per heavy atom. The molecule has 2 aromatic rings. The topological polar surface area (TPSA) is 77.2 Å². The van der Waals surface area contributed by atoms with Gasteiger partial charge in [-0.05, 0) is 55.7 Å². The second kappa shape index (κ2) is 8.76. The summed E-state index contributed by atoms with van der Waals surface area (Å²) in [6.45, 7) is 0. The Kier molecular flexibility index (Phi) is 6.58. The molecule has 28 heavy (non-hydrogen) atoms. The first-order valence-electron chi connectivity index (χ1n) is 9.41. The van der Waals surface area contributed by atoms with Gasteiger partial charge in [-0.25, -0.2) is 9.37 Å². The number of nitrogens with two attached hydrogens (primary N) is 1. The van der Waals surface area contributed by atoms with Gasteiger partial charge in [-0.15, -0.1) is 23.7 Å². The molecule has 5 nitrogen and oxygen atoms in total. The van der Waals surface area contributed by atoms with Crippen LogP contribution in [0.5, 0.6) is 5.75 Å². The third-order valence-corrected chi connectivity index (χ3v) is 6.71. The van der Waals surface area contributed by atoms with Gasteiger partial charge in [-0.2, -0.15) is 0 Å². The zero-order valence-corrected chi connectivity index (χ0v) is 17.3. The summed E-state index contributed by atoms with van der Waals surface area (Å²) in [6.07, 6.45) is 5.20. The largest absolute Gasteiger partial charge is 0.496 e. The number of carbonyl (C=O) groups excluding carboxylic acids is 1. The van der Waals surface area contributed by atoms with Crippen molar-refractivity contribution in [2.45, 2.75) is 38.1 Å². The van der Waals surface area contributed by atoms with Crippen molar-refractivity contribution in [3.05, 3.63) is 29.4 Å². The Hall–Kier alpha value is -1.70. The number of thiazole rings is 1. The molecule has 0 aliphatic heterocycles. The van der Waals surface area contributed by atoms with Gasteiger partial charge in [0.05, 0.1) is 12.8 Å². The van der Waals surface area contributed by atoms with Crippen molar-refractivity contribution in [2.75, 3.05) is 12.4 Å². The third kappa shape index (κ3) is 4.16. The van der Waals surface area contributed by atoms with Crippen LogP contribution in [0.3, 0.4) is 0 Å². The Balaban J connectivity index is 0.00000225. The molecule has 2 atom stereocenters. The van der Waals surface area contributed by atoms with Gasteiger partial charge in [0, 0.05) is 22.9 Å². The molecule has 1 heterocycles. The average Bonchev–Trinajstić information content (AvgIpc) is 3.09. The van der Waals surface area contributed by atoms with Crippen LogP contribution in [0.2, 0.25) is 0 Å². The smallest absolute Gasteiger partial charge is 0.229 e. The summed E-state index contributed by atoms with van der Waals surface area (Å²) in [5, 5.41) is 5.28. The third-order valence-electron chi connectivity index (χ3n) is 5.96. The van der Waals surface area contributed by atoms with Crippen LogP contribution in [0.4, 0.5) is 9.52 Å². The van der Waals surface area contributed by atoms with Crippen LogP contribution >= 0.6 is 23.7 Å². The van der Waals surface area contributed by atoms with Crippen LogP contribution in [-0.2, 0) is 4.79 Å². The quantitative estimate of drug-likeness (QED) is 0.757. The molecule has 2 fully saturated rings. The van der Waals surface area contributed by atoms with Gasteiger partial charge in [0.2, 0.25) is 5.91 Å². The molecule has 152 valence electrons. The molecule has 8 heteroatoms. The number of benzene rings is 1. The van der Waals surface area contributed by atoms with Crippen molar-refractivity contribution in [3.63, 3.8) is 0 Å². The maximum Gasteiger partial charge on any atom is 0.229 e. The highest BCUT2D eigenvalue weighted by molar-refractivity contribution is 7.14. The summed E-state index contributed by atoms with van der Waals surface area (Å²) in [6, 6.07) is 4.56. The van der Waals surface area contributed by atoms with E-state index in [2.05, 4.69) is 10.3 Å². The highest BCUT2D eigenvalue weighted by Gasteiger charge is 2.40. The van der Waals surface area contributed by atoms with Crippen molar-refractivity contribution >= 4 is 34.8 Å². The molecule has 2 saturated carbocycles. The number of fused-ring (bicyclic) bond motifs is 2. The second-order valence-electron chi connectivity index (χ2n) is 7.57. The Labute approximate surface area is 174 Å². The average molecular weight is 426 g/mol. The van der Waals surface area contributed by atoms with Crippen LogP contribution in [-0.4, -0.2) is 24.0 Å². The van der Waals surface area contributed by atoms with E-state index < -0.39 is 0 Å². The lowest BCUT2D eigenvalue weighted by Crippen LogP contribution is -2.48. The number of methoxy groups -OCH3 is 1. The summed E-state index contributed by atoms with van der Waals surface area (Å²) in [4.78, 5) is 17.2. The summed E-state index contributed by atoms with van der Waals surface area (Å²) in [5.74, 6) is 1.12. The first kappa shape index (κ1) is 21.0. The molecule has 0 saturated heterocycles. The van der Waals surface area contributed by atoms with Crippen LogP contribution in [0.15, 0.2) is 23.6 Å². The van der Waals surface area contributed by atoms with Crippen LogP contribution in [0.1, 0.15) is 32.1 Å². The SMILES string of the molecule is COc1ccc(F)cc1-c1csc(NC(=O)C2CC3CCCC(C2)C3N)n1.Cl. The fraction of sp³-hybridized carbons (Fsp3) is 0.500. The number of rotatable bonds is 4. The molecule has 2 aliphatic rings. The molecule has 0 radical (unpaired) electrons. The van der Waals surface area contributed by atoms with Crippen molar-refractivity contribution in [1.82, 2.24) is 4.98 Å². The van der Waals surface area contributed by atoms with Crippen molar-refractivity contribution < 1.29 is 13.9 Å². The van der Waals surface area contributed by atoms with E-state index in [0.717, 1.165) is 25.7 Å². The molecule has 2 aliphatic carbocycles. The summed E-state index contributed by atoms with van der Waals surface area (Å²) >= 11 is 1.34. The molecule has 2 bridgehead atoms. The van der Waals surface area contributed by atoms with E-state index in [-0.39, 0.29) is 36.1 Å². The molecular formula is C20H25ClFN3O2S. The minimum atomic E-state index is -0.352. The number of hydrogen-bond donors (Lipinski definition) is 2. The van der Waals surface area contributed by atoms with Crippen molar-refractivity contribution in [1.29, 1.82) is 0 Å². The standard InChI is InChI=1S/C20H24FN3O2S.ClH/c1-26-17-6-5-14(21)9-15(17)16-10-27-20(23-16)24-19(25)13-7-11-3-2-4-12(8-13)18(11)22;/h5-6,9-13,18H,2-4,7-8,22H2,1H3,(H,23,24,25);1H. The molecular weight excluding hydrogens is 401 g/mol. The number of hydrogen-bond acceptors (Lipinski definition) is 5. The predicted octanol–water partition coefficient (Wildman–Crippen LogP) is 4.47. The van der Waals surface area contributed by atoms with Crippen LogP contribution in [0, 0.1) is 23.6 Å². The monoisotopic (exact) mass is 425 g/mol. The molecule has 1 amide bonds. The second-order valence-corrected chi connectivity index (χ2v) is 8.43. The number of aromatic nitrogens is 1. The van der Waals surface area contributed by atoms with Gasteiger partial charge in [0.25, 0.3) is 0 Å². The van der Waals surface area contributed by atoms with Gasteiger partial charge >= 0.3 is 0 Å². The first-order valence-corrected chi connectivity index (χ1v) is 10.3. The number of halogens is 2. The van der Waals surface area contributed by atoms with Crippen molar-refractivity contribution in [2.24, 2.45) is 23.5 Å². The summed E-state index contributed by atoms with van der Waals surface area (Å²) in [7, 11) is 1.54. The Bertz CT molecular complexity index is 833. The van der Waals surface area contributed by atoms with Crippen molar-refractivity contribution in [3.8, 4) is 17.0 Å². The Morgan fingerprint density at radius 2 is 2.04 bits per heavy atom. The molecule has 1 aromatic heterocycles. The summed E-state index contributed by atoms with van der Waals surface area (Å²) in [5.41, 5.74) is 7.49. The normalized spacial score (nSPS) is 26.2. The molecule has 1 aromatic carbocycles. The maximum absolute atomic E-state index is 13.6. The zero-order chi connectivity index (χ0) is 19.0. The molecule has 4 rings (SSSR count). The lowest BCUT2D eigenvalue weighted by molar-refractivity contribution is -0.122. The lowest BCUT2D eigenvalue weighted by Gasteiger charge is -2.43. The Morgan fingerprint density at radius 3 is 2.71 bits per heavy atom. The van der Waals surface area contributed by atoms with Crippen LogP contribution < -0.4 is 15.8 Å². The highest BCUT2D eigenvalue weighted by atomic mass is 35.5. The van der Waals surface area contributed by atoms with E-state index in [0.29, 0.717) is 34.0 Å². The predicted molar refractivity (Wildman–Crippen MR) is 111 cm³/mol. The number of carbonyl (C=O) groups is 1. The van der Waals surface area contributed by atoms with E-state index >= 15 is 0 Å². The molecule has 3 N–H and O–H groups in total. The van der Waals surface area contributed by atoms with Gasteiger partial charge in [-0.3, -0.25) is 4.79 Å². The minimum absolute atomic E-state index is 0.